The molecule has 1 aromatic rings. The number of rotatable bonds is 9. The van der Waals surface area contributed by atoms with Crippen molar-refractivity contribution in [3.8, 4) is 11.5 Å². The lowest BCUT2D eigenvalue weighted by Gasteiger charge is -2.27. The predicted octanol–water partition coefficient (Wildman–Crippen LogP) is 2.76. The Kier molecular flexibility index (Phi) is 9.12. The van der Waals surface area contributed by atoms with E-state index in [9.17, 15) is 14.4 Å². The molecule has 2 saturated heterocycles. The summed E-state index contributed by atoms with van der Waals surface area (Å²) in [7, 11) is 1.49. The van der Waals surface area contributed by atoms with Gasteiger partial charge in [-0.15, -0.1) is 0 Å². The van der Waals surface area contributed by atoms with E-state index in [0.717, 1.165) is 11.8 Å². The van der Waals surface area contributed by atoms with E-state index in [2.05, 4.69) is 15.9 Å². The first kappa shape index (κ1) is 25.5. The summed E-state index contributed by atoms with van der Waals surface area (Å²) in [6.07, 6.45) is 1.98. The molecule has 2 amide bonds. The average Bonchev–Trinajstić information content (AvgIpc) is 3.05. The van der Waals surface area contributed by atoms with Crippen molar-refractivity contribution < 1.29 is 33.7 Å². The second kappa shape index (κ2) is 11.8. The monoisotopic (exact) mass is 558 g/mol. The van der Waals surface area contributed by atoms with Gasteiger partial charge in [0, 0.05) is 26.1 Å². The molecule has 0 spiro atoms. The molecular weight excluding hydrogens is 536 g/mol. The normalized spacial score (nSPS) is 17.6. The minimum absolute atomic E-state index is 0.0320. The second-order valence-electron chi connectivity index (χ2n) is 7.15. The van der Waals surface area contributed by atoms with E-state index in [0.29, 0.717) is 63.5 Å². The molecule has 2 aliphatic heterocycles. The first-order chi connectivity index (χ1) is 15.8. The smallest absolute Gasteiger partial charge is 0.303 e. The third-order valence-corrected chi connectivity index (χ3v) is 6.87. The van der Waals surface area contributed by atoms with E-state index in [1.54, 1.807) is 23.1 Å². The number of hydrogen-bond donors (Lipinski definition) is 1. The topological polar surface area (TPSA) is 106 Å². The zero-order valence-corrected chi connectivity index (χ0v) is 21.1. The maximum Gasteiger partial charge on any atom is 0.303 e. The number of carbonyl (C=O) groups excluding carboxylic acids is 2. The number of ether oxygens (including phenoxy) is 3. The molecule has 0 unspecified atom stereocenters. The Labute approximate surface area is 209 Å². The highest BCUT2D eigenvalue weighted by Gasteiger charge is 2.31. The lowest BCUT2D eigenvalue weighted by Crippen LogP contribution is -2.43. The molecule has 9 nitrogen and oxygen atoms in total. The number of methoxy groups -OCH3 is 1. The van der Waals surface area contributed by atoms with E-state index < -0.39 is 5.97 Å². The fraction of sp³-hybridized carbons (Fsp3) is 0.429. The van der Waals surface area contributed by atoms with Crippen molar-refractivity contribution in [1.82, 2.24) is 9.80 Å². The van der Waals surface area contributed by atoms with Gasteiger partial charge in [-0.25, -0.2) is 0 Å². The van der Waals surface area contributed by atoms with Crippen LogP contribution in [0.25, 0.3) is 6.08 Å². The summed E-state index contributed by atoms with van der Waals surface area (Å²) < 4.78 is 17.4. The molecular formula is C21H23BrN2O7S2. The van der Waals surface area contributed by atoms with Crippen LogP contribution in [0.4, 0.5) is 0 Å². The number of nitrogens with zero attached hydrogens (tertiary/aromatic N) is 2. The molecule has 12 heteroatoms. The van der Waals surface area contributed by atoms with Crippen molar-refractivity contribution in [2.75, 3.05) is 46.6 Å². The van der Waals surface area contributed by atoms with Crippen LogP contribution in [0.3, 0.4) is 0 Å². The molecule has 1 aromatic carbocycles. The number of carboxylic acids is 1. The molecule has 33 heavy (non-hydrogen) atoms. The fourth-order valence-corrected chi connectivity index (χ4v) is 5.12. The van der Waals surface area contributed by atoms with Crippen molar-refractivity contribution >= 4 is 68.1 Å². The first-order valence-corrected chi connectivity index (χ1v) is 12.1. The zero-order valence-electron chi connectivity index (χ0n) is 17.9. The number of thiocarbonyl (C=S) groups is 1. The number of thioether (sulfide) groups is 1. The molecule has 0 atom stereocenters. The van der Waals surface area contributed by atoms with Crippen LogP contribution >= 0.6 is 39.9 Å². The van der Waals surface area contributed by atoms with Crippen LogP contribution in [-0.2, 0) is 19.1 Å². The number of halogens is 1. The number of morpholine rings is 1. The van der Waals surface area contributed by atoms with Crippen molar-refractivity contribution in [1.29, 1.82) is 0 Å². The molecule has 0 saturated carbocycles. The number of benzene rings is 1. The van der Waals surface area contributed by atoms with Gasteiger partial charge in [-0.3, -0.25) is 19.3 Å². The highest BCUT2D eigenvalue weighted by atomic mass is 79.9. The largest absolute Gasteiger partial charge is 0.493 e. The Morgan fingerprint density at radius 2 is 2.06 bits per heavy atom. The summed E-state index contributed by atoms with van der Waals surface area (Å²) in [4.78, 5) is 39.3. The van der Waals surface area contributed by atoms with Crippen LogP contribution < -0.4 is 9.47 Å². The molecule has 0 radical (unpaired) electrons. The molecule has 3 rings (SSSR count). The van der Waals surface area contributed by atoms with E-state index in [1.807, 2.05) is 0 Å². The van der Waals surface area contributed by atoms with Crippen LogP contribution in [0.2, 0.25) is 0 Å². The van der Waals surface area contributed by atoms with E-state index in [1.165, 1.54) is 12.0 Å². The number of amides is 2. The van der Waals surface area contributed by atoms with E-state index >= 15 is 0 Å². The van der Waals surface area contributed by atoms with E-state index in [4.69, 9.17) is 31.5 Å². The number of carboxylic acid groups (broad SMARTS) is 1. The van der Waals surface area contributed by atoms with Gasteiger partial charge in [0.05, 0.1) is 29.7 Å². The Morgan fingerprint density at radius 1 is 1.33 bits per heavy atom. The van der Waals surface area contributed by atoms with Gasteiger partial charge in [0.25, 0.3) is 11.8 Å². The predicted molar refractivity (Wildman–Crippen MR) is 130 cm³/mol. The van der Waals surface area contributed by atoms with Gasteiger partial charge in [-0.2, -0.15) is 0 Å². The molecule has 2 fully saturated rings. The van der Waals surface area contributed by atoms with Gasteiger partial charge in [-0.05, 0) is 46.1 Å². The Bertz CT molecular complexity index is 980. The van der Waals surface area contributed by atoms with Gasteiger partial charge in [0.15, 0.2) is 18.1 Å². The molecule has 1 N–H and O–H groups in total. The summed E-state index contributed by atoms with van der Waals surface area (Å²) in [5, 5.41) is 8.79. The first-order valence-electron chi connectivity index (χ1n) is 10.1. The lowest BCUT2D eigenvalue weighted by atomic mass is 10.1. The maximum atomic E-state index is 12.7. The second-order valence-corrected chi connectivity index (χ2v) is 9.68. The van der Waals surface area contributed by atoms with Crippen LogP contribution in [0.15, 0.2) is 21.5 Å². The van der Waals surface area contributed by atoms with Crippen LogP contribution in [0, 0.1) is 0 Å². The zero-order chi connectivity index (χ0) is 24.0. The minimum atomic E-state index is -0.915. The summed E-state index contributed by atoms with van der Waals surface area (Å²) in [6.45, 7) is 2.22. The molecule has 0 aliphatic carbocycles. The minimum Gasteiger partial charge on any atom is -0.493 e. The Balaban J connectivity index is 1.70. The van der Waals surface area contributed by atoms with Crippen LogP contribution in [0.5, 0.6) is 11.5 Å². The number of carbonyl (C=O) groups is 3. The molecule has 178 valence electrons. The molecule has 0 bridgehead atoms. The summed E-state index contributed by atoms with van der Waals surface area (Å²) >= 11 is 9.90. The van der Waals surface area contributed by atoms with Crippen LogP contribution in [0.1, 0.15) is 18.4 Å². The van der Waals surface area contributed by atoms with Crippen molar-refractivity contribution in [3.63, 3.8) is 0 Å². The Hall–Kier alpha value is -2.15. The SMILES string of the molecule is COc1cc(/C=C2/SC(=S)N(CCCC(=O)O)C2=O)cc(Br)c1OCC(=O)N1CCOCC1. The molecule has 2 heterocycles. The quantitative estimate of drug-likeness (QED) is 0.361. The van der Waals surface area contributed by atoms with Gasteiger partial charge >= 0.3 is 5.97 Å². The van der Waals surface area contributed by atoms with Gasteiger partial charge in [0.1, 0.15) is 4.32 Å². The fourth-order valence-electron chi connectivity index (χ4n) is 3.23. The van der Waals surface area contributed by atoms with Gasteiger partial charge in [-0.1, -0.05) is 24.0 Å². The summed E-state index contributed by atoms with van der Waals surface area (Å²) in [6, 6.07) is 3.46. The van der Waals surface area contributed by atoms with Gasteiger partial charge in [0.2, 0.25) is 0 Å². The highest BCUT2D eigenvalue weighted by molar-refractivity contribution is 9.10. The Morgan fingerprint density at radius 3 is 2.73 bits per heavy atom. The maximum absolute atomic E-state index is 12.7. The molecule has 2 aliphatic rings. The summed E-state index contributed by atoms with van der Waals surface area (Å²) in [5.74, 6) is -0.522. The highest BCUT2D eigenvalue weighted by Crippen LogP contribution is 2.39. The third-order valence-electron chi connectivity index (χ3n) is 4.90. The third kappa shape index (κ3) is 6.69. The van der Waals surface area contributed by atoms with E-state index in [-0.39, 0.29) is 31.4 Å². The number of hydrogen-bond acceptors (Lipinski definition) is 8. The van der Waals surface area contributed by atoms with Gasteiger partial charge < -0.3 is 24.2 Å². The molecule has 0 aromatic heterocycles. The summed E-state index contributed by atoms with van der Waals surface area (Å²) in [5.41, 5.74) is 0.677. The average molecular weight is 559 g/mol. The van der Waals surface area contributed by atoms with Crippen molar-refractivity contribution in [2.24, 2.45) is 0 Å². The standard InChI is InChI=1S/C21H23BrN2O7S2/c1-29-15-10-13(11-16-20(28)24(21(32)33-16)4-2-3-18(26)27)9-14(22)19(15)31-12-17(25)23-5-7-30-8-6-23/h9-11H,2-8,12H2,1H3,(H,26,27)/b16-11+. The van der Waals surface area contributed by atoms with Crippen molar-refractivity contribution in [2.45, 2.75) is 12.8 Å². The van der Waals surface area contributed by atoms with Crippen LogP contribution in [-0.4, -0.2) is 83.6 Å². The lowest BCUT2D eigenvalue weighted by molar-refractivity contribution is -0.138. The number of aliphatic carboxylic acids is 1. The van der Waals surface area contributed by atoms with Crippen molar-refractivity contribution in [3.05, 3.63) is 27.1 Å².